The molecule has 0 saturated carbocycles. The zero-order valence-electron chi connectivity index (χ0n) is 16.6. The number of thiazole rings is 1. The van der Waals surface area contributed by atoms with E-state index in [9.17, 15) is 4.79 Å². The summed E-state index contributed by atoms with van der Waals surface area (Å²) in [7, 11) is 0. The third-order valence-electron chi connectivity index (χ3n) is 4.88. The molecule has 29 heavy (non-hydrogen) atoms. The van der Waals surface area contributed by atoms with E-state index in [-0.39, 0.29) is 5.91 Å². The number of nitrogens with zero attached hydrogens (tertiary/aromatic N) is 3. The van der Waals surface area contributed by atoms with Crippen LogP contribution in [0.5, 0.6) is 0 Å². The normalized spacial score (nSPS) is 11.1. The first-order valence-corrected chi connectivity index (χ1v) is 10.6. The molecule has 146 valence electrons. The van der Waals surface area contributed by atoms with E-state index in [2.05, 4.69) is 31.0 Å². The number of anilines is 1. The van der Waals surface area contributed by atoms with Crippen LogP contribution in [-0.2, 0) is 17.8 Å². The predicted octanol–water partition coefficient (Wildman–Crippen LogP) is 5.59. The van der Waals surface area contributed by atoms with Gasteiger partial charge in [-0.15, -0.1) is 0 Å². The van der Waals surface area contributed by atoms with E-state index >= 15 is 0 Å². The second-order valence-electron chi connectivity index (χ2n) is 7.38. The van der Waals surface area contributed by atoms with Crippen molar-refractivity contribution in [1.82, 2.24) is 9.97 Å². The number of aromatic nitrogens is 2. The van der Waals surface area contributed by atoms with Crippen molar-refractivity contribution in [3.8, 4) is 0 Å². The van der Waals surface area contributed by atoms with Gasteiger partial charge in [-0.1, -0.05) is 67.6 Å². The molecule has 0 bridgehead atoms. The van der Waals surface area contributed by atoms with Crippen molar-refractivity contribution >= 4 is 32.6 Å². The molecule has 2 heterocycles. The van der Waals surface area contributed by atoms with E-state index in [0.717, 1.165) is 26.5 Å². The van der Waals surface area contributed by atoms with Crippen LogP contribution in [0, 0.1) is 0 Å². The minimum Gasteiger partial charge on any atom is -0.283 e. The molecule has 1 amide bonds. The first-order chi connectivity index (χ1) is 14.1. The molecule has 0 atom stereocenters. The van der Waals surface area contributed by atoms with Gasteiger partial charge in [0, 0.05) is 12.4 Å². The van der Waals surface area contributed by atoms with Gasteiger partial charge in [-0.05, 0) is 40.8 Å². The lowest BCUT2D eigenvalue weighted by molar-refractivity contribution is -0.118. The third-order valence-corrected chi connectivity index (χ3v) is 5.94. The number of carbonyl (C=O) groups excluding carboxylic acids is 1. The molecule has 0 radical (unpaired) electrons. The topological polar surface area (TPSA) is 46.1 Å². The Morgan fingerprint density at radius 3 is 2.48 bits per heavy atom. The molecule has 2 aromatic heterocycles. The van der Waals surface area contributed by atoms with Crippen LogP contribution in [0.4, 0.5) is 5.13 Å². The van der Waals surface area contributed by atoms with Crippen LogP contribution < -0.4 is 4.90 Å². The largest absolute Gasteiger partial charge is 0.283 e. The SMILES string of the molecule is CC(C)c1ccc(CC(=O)N(Cc2cccnc2)c2nc3ccccc3s2)cc1. The van der Waals surface area contributed by atoms with E-state index in [0.29, 0.717) is 18.9 Å². The molecule has 5 heteroatoms. The lowest BCUT2D eigenvalue weighted by atomic mass is 10.0. The Labute approximate surface area is 174 Å². The second kappa shape index (κ2) is 8.53. The van der Waals surface area contributed by atoms with Crippen LogP contribution in [0.15, 0.2) is 73.1 Å². The monoisotopic (exact) mass is 401 g/mol. The summed E-state index contributed by atoms with van der Waals surface area (Å²) in [5.74, 6) is 0.509. The maximum atomic E-state index is 13.3. The van der Waals surface area contributed by atoms with Crippen LogP contribution in [-0.4, -0.2) is 15.9 Å². The number of benzene rings is 2. The Balaban J connectivity index is 1.62. The quantitative estimate of drug-likeness (QED) is 0.423. The average molecular weight is 402 g/mol. The molecular weight excluding hydrogens is 378 g/mol. The highest BCUT2D eigenvalue weighted by Crippen LogP contribution is 2.30. The summed E-state index contributed by atoms with van der Waals surface area (Å²) in [6.45, 7) is 4.79. The van der Waals surface area contributed by atoms with Crippen molar-refractivity contribution in [2.45, 2.75) is 32.7 Å². The summed E-state index contributed by atoms with van der Waals surface area (Å²) in [6.07, 6.45) is 3.88. The molecular formula is C24H23N3OS. The standard InChI is InChI=1S/C24H23N3OS/c1-17(2)20-11-9-18(10-12-20)14-23(28)27(16-19-6-5-13-25-15-19)24-26-21-7-3-4-8-22(21)29-24/h3-13,15,17H,14,16H2,1-2H3. The average Bonchev–Trinajstić information content (AvgIpc) is 3.17. The summed E-state index contributed by atoms with van der Waals surface area (Å²) in [5, 5.41) is 0.721. The fourth-order valence-electron chi connectivity index (χ4n) is 3.20. The minimum atomic E-state index is 0.0326. The molecule has 0 unspecified atom stereocenters. The summed E-state index contributed by atoms with van der Waals surface area (Å²) in [5.41, 5.74) is 4.18. The molecule has 0 aliphatic carbocycles. The Bertz CT molecular complexity index is 1070. The van der Waals surface area contributed by atoms with Gasteiger partial charge in [-0.25, -0.2) is 4.98 Å². The maximum absolute atomic E-state index is 13.3. The summed E-state index contributed by atoms with van der Waals surface area (Å²) in [4.78, 5) is 24.0. The second-order valence-corrected chi connectivity index (χ2v) is 8.39. The number of amides is 1. The van der Waals surface area contributed by atoms with E-state index in [1.807, 2.05) is 48.5 Å². The number of carbonyl (C=O) groups is 1. The molecule has 0 aliphatic rings. The molecule has 4 nitrogen and oxygen atoms in total. The Kier molecular flexibility index (Phi) is 5.67. The van der Waals surface area contributed by atoms with Gasteiger partial charge in [0.05, 0.1) is 23.2 Å². The molecule has 2 aromatic carbocycles. The number of rotatable bonds is 6. The van der Waals surface area contributed by atoms with Crippen molar-refractivity contribution < 1.29 is 4.79 Å². The fourth-order valence-corrected chi connectivity index (χ4v) is 4.18. The molecule has 0 spiro atoms. The summed E-state index contributed by atoms with van der Waals surface area (Å²) < 4.78 is 1.08. The lowest BCUT2D eigenvalue weighted by Crippen LogP contribution is -2.31. The zero-order valence-corrected chi connectivity index (χ0v) is 17.4. The van der Waals surface area contributed by atoms with Gasteiger partial charge in [0.25, 0.3) is 0 Å². The third kappa shape index (κ3) is 4.51. The Morgan fingerprint density at radius 2 is 1.79 bits per heavy atom. The molecule has 4 rings (SSSR count). The van der Waals surface area contributed by atoms with Gasteiger partial charge in [-0.3, -0.25) is 14.7 Å². The van der Waals surface area contributed by atoms with Crippen LogP contribution in [0.2, 0.25) is 0 Å². The van der Waals surface area contributed by atoms with Crippen LogP contribution in [0.1, 0.15) is 36.5 Å². The highest BCUT2D eigenvalue weighted by molar-refractivity contribution is 7.22. The minimum absolute atomic E-state index is 0.0326. The zero-order chi connectivity index (χ0) is 20.2. The number of para-hydroxylation sites is 1. The van der Waals surface area contributed by atoms with Gasteiger partial charge in [-0.2, -0.15) is 0 Å². The first-order valence-electron chi connectivity index (χ1n) is 9.74. The van der Waals surface area contributed by atoms with Gasteiger partial charge in [0.1, 0.15) is 0 Å². The summed E-state index contributed by atoms with van der Waals surface area (Å²) in [6, 6.07) is 20.2. The van der Waals surface area contributed by atoms with Crippen LogP contribution >= 0.6 is 11.3 Å². The van der Waals surface area contributed by atoms with E-state index in [1.54, 1.807) is 28.6 Å². The number of fused-ring (bicyclic) bond motifs is 1. The van der Waals surface area contributed by atoms with Crippen LogP contribution in [0.25, 0.3) is 10.2 Å². The molecule has 0 fully saturated rings. The maximum Gasteiger partial charge on any atom is 0.233 e. The molecule has 0 aliphatic heterocycles. The Hall–Kier alpha value is -3.05. The molecule has 0 N–H and O–H groups in total. The lowest BCUT2D eigenvalue weighted by Gasteiger charge is -2.20. The van der Waals surface area contributed by atoms with Crippen molar-refractivity contribution in [3.63, 3.8) is 0 Å². The number of hydrogen-bond acceptors (Lipinski definition) is 4. The predicted molar refractivity (Wildman–Crippen MR) is 119 cm³/mol. The van der Waals surface area contributed by atoms with E-state index in [4.69, 9.17) is 4.98 Å². The fraction of sp³-hybridized carbons (Fsp3) is 0.208. The van der Waals surface area contributed by atoms with E-state index in [1.165, 1.54) is 5.56 Å². The summed E-state index contributed by atoms with van der Waals surface area (Å²) >= 11 is 1.54. The van der Waals surface area contributed by atoms with Gasteiger partial charge >= 0.3 is 0 Å². The number of hydrogen-bond donors (Lipinski definition) is 0. The molecule has 4 aromatic rings. The van der Waals surface area contributed by atoms with Crippen molar-refractivity contribution in [1.29, 1.82) is 0 Å². The number of pyridine rings is 1. The van der Waals surface area contributed by atoms with Crippen molar-refractivity contribution in [2.75, 3.05) is 4.90 Å². The smallest absolute Gasteiger partial charge is 0.233 e. The van der Waals surface area contributed by atoms with E-state index < -0.39 is 0 Å². The van der Waals surface area contributed by atoms with Gasteiger partial charge in [0.2, 0.25) is 5.91 Å². The molecule has 0 saturated heterocycles. The highest BCUT2D eigenvalue weighted by atomic mass is 32.1. The van der Waals surface area contributed by atoms with Gasteiger partial charge < -0.3 is 0 Å². The highest BCUT2D eigenvalue weighted by Gasteiger charge is 2.20. The van der Waals surface area contributed by atoms with Crippen molar-refractivity contribution in [2.24, 2.45) is 0 Å². The van der Waals surface area contributed by atoms with Crippen LogP contribution in [0.3, 0.4) is 0 Å². The van der Waals surface area contributed by atoms with Crippen molar-refractivity contribution in [3.05, 3.63) is 89.7 Å². The van der Waals surface area contributed by atoms with Gasteiger partial charge in [0.15, 0.2) is 5.13 Å². The first kappa shape index (κ1) is 19.3. The Morgan fingerprint density at radius 1 is 1.00 bits per heavy atom.